The van der Waals surface area contributed by atoms with E-state index in [0.717, 1.165) is 44.0 Å². The molecule has 2 aliphatic rings. The van der Waals surface area contributed by atoms with Crippen LogP contribution in [0.5, 0.6) is 17.2 Å². The molecular weight excluding hydrogens is 573 g/mol. The quantitative estimate of drug-likeness (QED) is 0.289. The molecule has 35 heavy (non-hydrogen) atoms. The summed E-state index contributed by atoms with van der Waals surface area (Å²) < 4.78 is 18.3. The molecule has 0 aromatic heterocycles. The van der Waals surface area contributed by atoms with Gasteiger partial charge in [0.25, 0.3) is 0 Å². The predicted molar refractivity (Wildman–Crippen MR) is 146 cm³/mol. The standard InChI is InChI=1S/C27H23BrCl3NO3/c1-33-22-9-8-20(30)24-16-4-3-5-17(16)25(32-26(22)24)15-11-18(28)27(23(12-15)34-2)35-13-14-6-7-19(29)21(31)10-14/h3-4,6-12,16-17,25,32H,5,13H2,1-2H3/t16-,17+,25+/m1/s1. The largest absolute Gasteiger partial charge is 0.495 e. The minimum absolute atomic E-state index is 0.0317. The molecule has 0 amide bonds. The number of anilines is 1. The fraction of sp³-hybridized carbons (Fsp3) is 0.259. The summed E-state index contributed by atoms with van der Waals surface area (Å²) in [5.74, 6) is 2.56. The van der Waals surface area contributed by atoms with Crippen LogP contribution >= 0.6 is 50.7 Å². The number of benzene rings is 3. The molecule has 3 aromatic carbocycles. The van der Waals surface area contributed by atoms with Gasteiger partial charge in [0.05, 0.1) is 40.5 Å². The SMILES string of the molecule is COc1ccc(Cl)c2c1N[C@@H](c1cc(Br)c(OCc3ccc(Cl)c(Cl)c3)c(OC)c1)[C@H]1CC=C[C@@H]21. The van der Waals surface area contributed by atoms with Gasteiger partial charge in [-0.3, -0.25) is 0 Å². The first kappa shape index (κ1) is 24.6. The number of hydrogen-bond donors (Lipinski definition) is 1. The number of halogens is 4. The topological polar surface area (TPSA) is 39.7 Å². The molecule has 0 unspecified atom stereocenters. The molecule has 3 atom stereocenters. The van der Waals surface area contributed by atoms with Crippen molar-refractivity contribution in [2.45, 2.75) is 25.0 Å². The Balaban J connectivity index is 1.48. The monoisotopic (exact) mass is 593 g/mol. The highest BCUT2D eigenvalue weighted by Crippen LogP contribution is 2.55. The highest BCUT2D eigenvalue weighted by molar-refractivity contribution is 9.10. The van der Waals surface area contributed by atoms with Crippen LogP contribution in [0.1, 0.15) is 35.1 Å². The summed E-state index contributed by atoms with van der Waals surface area (Å²) in [5, 5.41) is 5.47. The van der Waals surface area contributed by atoms with E-state index in [1.807, 2.05) is 24.3 Å². The van der Waals surface area contributed by atoms with Crippen LogP contribution in [0.3, 0.4) is 0 Å². The van der Waals surface area contributed by atoms with Crippen LogP contribution in [0.25, 0.3) is 0 Å². The molecule has 182 valence electrons. The molecule has 0 bridgehead atoms. The van der Waals surface area contributed by atoms with E-state index in [1.165, 1.54) is 0 Å². The summed E-state index contributed by atoms with van der Waals surface area (Å²) in [4.78, 5) is 0. The average Bonchev–Trinajstić information content (AvgIpc) is 3.34. The highest BCUT2D eigenvalue weighted by atomic mass is 79.9. The van der Waals surface area contributed by atoms with E-state index in [-0.39, 0.29) is 12.0 Å². The van der Waals surface area contributed by atoms with E-state index in [0.29, 0.717) is 34.1 Å². The van der Waals surface area contributed by atoms with Gasteiger partial charge in [-0.15, -0.1) is 0 Å². The molecule has 0 spiro atoms. The van der Waals surface area contributed by atoms with Gasteiger partial charge in [0.15, 0.2) is 11.5 Å². The number of allylic oxidation sites excluding steroid dienone is 2. The van der Waals surface area contributed by atoms with Crippen molar-refractivity contribution in [3.05, 3.63) is 90.8 Å². The number of methoxy groups -OCH3 is 2. The first-order valence-electron chi connectivity index (χ1n) is 11.1. The third-order valence-corrected chi connectivity index (χ3v) is 8.28. The molecule has 8 heteroatoms. The van der Waals surface area contributed by atoms with Gasteiger partial charge in [-0.1, -0.05) is 53.0 Å². The van der Waals surface area contributed by atoms with E-state index in [1.54, 1.807) is 26.4 Å². The molecular formula is C27H23BrCl3NO3. The van der Waals surface area contributed by atoms with Crippen molar-refractivity contribution in [1.82, 2.24) is 0 Å². The molecule has 1 aliphatic carbocycles. The Labute approximate surface area is 228 Å². The van der Waals surface area contributed by atoms with Crippen molar-refractivity contribution in [3.63, 3.8) is 0 Å². The van der Waals surface area contributed by atoms with Crippen molar-refractivity contribution in [2.75, 3.05) is 19.5 Å². The lowest BCUT2D eigenvalue weighted by Gasteiger charge is -2.38. The molecule has 0 radical (unpaired) electrons. The van der Waals surface area contributed by atoms with Gasteiger partial charge in [-0.25, -0.2) is 0 Å². The number of ether oxygens (including phenoxy) is 3. The third-order valence-electron chi connectivity index (χ3n) is 6.63. The average molecular weight is 596 g/mol. The lowest BCUT2D eigenvalue weighted by Crippen LogP contribution is -2.29. The van der Waals surface area contributed by atoms with Crippen molar-refractivity contribution in [2.24, 2.45) is 5.92 Å². The fourth-order valence-corrected chi connectivity index (χ4v) is 6.16. The summed E-state index contributed by atoms with van der Waals surface area (Å²) in [5.41, 5.74) is 4.02. The first-order valence-corrected chi connectivity index (χ1v) is 13.1. The van der Waals surface area contributed by atoms with Gasteiger partial charge < -0.3 is 19.5 Å². The van der Waals surface area contributed by atoms with Crippen molar-refractivity contribution in [1.29, 1.82) is 0 Å². The molecule has 3 aromatic rings. The Hall–Kier alpha value is -2.05. The van der Waals surface area contributed by atoms with Crippen LogP contribution in [-0.4, -0.2) is 14.2 Å². The number of fused-ring (bicyclic) bond motifs is 3. The Bertz CT molecular complexity index is 1310. The molecule has 5 rings (SSSR count). The van der Waals surface area contributed by atoms with Crippen LogP contribution in [0.15, 0.2) is 59.1 Å². The maximum absolute atomic E-state index is 6.64. The summed E-state index contributed by atoms with van der Waals surface area (Å²) in [6.45, 7) is 0.324. The van der Waals surface area contributed by atoms with Crippen molar-refractivity contribution >= 4 is 56.4 Å². The number of hydrogen-bond acceptors (Lipinski definition) is 4. The zero-order valence-electron chi connectivity index (χ0n) is 19.1. The zero-order valence-corrected chi connectivity index (χ0v) is 22.9. The third kappa shape index (κ3) is 4.60. The zero-order chi connectivity index (χ0) is 24.7. The molecule has 4 nitrogen and oxygen atoms in total. The fourth-order valence-electron chi connectivity index (χ4n) is 4.98. The minimum Gasteiger partial charge on any atom is -0.495 e. The van der Waals surface area contributed by atoms with Crippen LogP contribution < -0.4 is 19.5 Å². The highest BCUT2D eigenvalue weighted by Gasteiger charge is 2.40. The van der Waals surface area contributed by atoms with Gasteiger partial charge in [-0.2, -0.15) is 0 Å². The van der Waals surface area contributed by atoms with E-state index >= 15 is 0 Å². The number of rotatable bonds is 6. The molecule has 0 saturated carbocycles. The summed E-state index contributed by atoms with van der Waals surface area (Å²) in [6.07, 6.45) is 5.43. The van der Waals surface area contributed by atoms with E-state index < -0.39 is 0 Å². The van der Waals surface area contributed by atoms with E-state index in [2.05, 4.69) is 39.5 Å². The Morgan fingerprint density at radius 2 is 1.71 bits per heavy atom. The van der Waals surface area contributed by atoms with Crippen LogP contribution in [0.2, 0.25) is 15.1 Å². The first-order chi connectivity index (χ1) is 16.9. The summed E-state index contributed by atoms with van der Waals surface area (Å²) >= 11 is 22.5. The van der Waals surface area contributed by atoms with Crippen molar-refractivity contribution < 1.29 is 14.2 Å². The molecule has 0 fully saturated rings. The second-order valence-corrected chi connectivity index (χ2v) is 10.7. The maximum atomic E-state index is 6.64. The van der Waals surface area contributed by atoms with Gasteiger partial charge in [-0.05, 0) is 75.8 Å². The minimum atomic E-state index is 0.0317. The normalized spacial score (nSPS) is 20.1. The number of nitrogens with one attached hydrogen (secondary N) is 1. The lowest BCUT2D eigenvalue weighted by atomic mass is 9.76. The summed E-state index contributed by atoms with van der Waals surface area (Å²) in [6, 6.07) is 13.4. The Morgan fingerprint density at radius 1 is 0.943 bits per heavy atom. The van der Waals surface area contributed by atoms with Crippen molar-refractivity contribution in [3.8, 4) is 17.2 Å². The maximum Gasteiger partial charge on any atom is 0.175 e. The van der Waals surface area contributed by atoms with Crippen LogP contribution in [0, 0.1) is 5.92 Å². The Kier molecular flexibility index (Phi) is 7.13. The van der Waals surface area contributed by atoms with Crippen LogP contribution in [0.4, 0.5) is 5.69 Å². The Morgan fingerprint density at radius 3 is 2.46 bits per heavy atom. The molecule has 1 aliphatic heterocycles. The van der Waals surface area contributed by atoms with Gasteiger partial charge >= 0.3 is 0 Å². The second kappa shape index (κ2) is 10.1. The van der Waals surface area contributed by atoms with Gasteiger partial charge in [0, 0.05) is 16.5 Å². The smallest absolute Gasteiger partial charge is 0.175 e. The van der Waals surface area contributed by atoms with Gasteiger partial charge in [0.1, 0.15) is 12.4 Å². The predicted octanol–water partition coefficient (Wildman–Crippen LogP) is 8.83. The molecule has 0 saturated heterocycles. The second-order valence-electron chi connectivity index (χ2n) is 8.59. The van der Waals surface area contributed by atoms with E-state index in [9.17, 15) is 0 Å². The van der Waals surface area contributed by atoms with Gasteiger partial charge in [0.2, 0.25) is 0 Å². The molecule has 1 N–H and O–H groups in total. The van der Waals surface area contributed by atoms with Crippen LogP contribution in [-0.2, 0) is 6.61 Å². The lowest BCUT2D eigenvalue weighted by molar-refractivity contribution is 0.282. The summed E-state index contributed by atoms with van der Waals surface area (Å²) in [7, 11) is 3.32. The molecule has 1 heterocycles. The van der Waals surface area contributed by atoms with E-state index in [4.69, 9.17) is 49.0 Å².